The Hall–Kier alpha value is -3.59. The molecule has 0 aliphatic carbocycles. The molecule has 31 heavy (non-hydrogen) atoms. The Kier molecular flexibility index (Phi) is 6.03. The van der Waals surface area contributed by atoms with Gasteiger partial charge in [0.2, 0.25) is 0 Å². The summed E-state index contributed by atoms with van der Waals surface area (Å²) in [6, 6.07) is 4.96. The van der Waals surface area contributed by atoms with Gasteiger partial charge in [0.1, 0.15) is 11.4 Å². The summed E-state index contributed by atoms with van der Waals surface area (Å²) >= 11 is 0. The summed E-state index contributed by atoms with van der Waals surface area (Å²) in [7, 11) is 0. The van der Waals surface area contributed by atoms with Crippen LogP contribution in [0.5, 0.6) is 0 Å². The number of fused-ring (bicyclic) bond motifs is 1. The van der Waals surface area contributed by atoms with E-state index in [4.69, 9.17) is 14.2 Å². The lowest BCUT2D eigenvalue weighted by Gasteiger charge is -2.11. The molecular weight excluding hydrogens is 402 g/mol. The van der Waals surface area contributed by atoms with E-state index in [2.05, 4.69) is 15.3 Å². The Morgan fingerprint density at radius 2 is 1.68 bits per heavy atom. The van der Waals surface area contributed by atoms with Gasteiger partial charge in [-0.15, -0.1) is 0 Å². The smallest absolute Gasteiger partial charge is 0.315 e. The van der Waals surface area contributed by atoms with Crippen LogP contribution in [0.15, 0.2) is 30.4 Å². The van der Waals surface area contributed by atoms with Crippen molar-refractivity contribution in [1.82, 2.24) is 15.3 Å². The SMILES string of the molecule is CCOCCCNC(=O)c1ccc2nc(C3=CCC(=O)O3)c(C3=CCC(=O)O3)nc2c1. The van der Waals surface area contributed by atoms with Crippen molar-refractivity contribution in [2.75, 3.05) is 19.8 Å². The minimum Gasteiger partial charge on any atom is -0.424 e. The third kappa shape index (κ3) is 4.61. The van der Waals surface area contributed by atoms with Gasteiger partial charge >= 0.3 is 11.9 Å². The van der Waals surface area contributed by atoms with E-state index in [9.17, 15) is 14.4 Å². The molecule has 1 N–H and O–H groups in total. The second kappa shape index (κ2) is 9.05. The molecule has 0 radical (unpaired) electrons. The molecule has 0 fully saturated rings. The number of hydrogen-bond donors (Lipinski definition) is 1. The van der Waals surface area contributed by atoms with Crippen LogP contribution in [0, 0.1) is 0 Å². The van der Waals surface area contributed by atoms with Gasteiger partial charge in [0.05, 0.1) is 23.9 Å². The topological polar surface area (TPSA) is 117 Å². The van der Waals surface area contributed by atoms with Crippen molar-refractivity contribution in [1.29, 1.82) is 0 Å². The molecular formula is C22H21N3O6. The van der Waals surface area contributed by atoms with E-state index in [0.29, 0.717) is 48.5 Å². The Morgan fingerprint density at radius 3 is 2.26 bits per heavy atom. The average molecular weight is 423 g/mol. The molecule has 0 bridgehead atoms. The number of nitrogens with zero attached hydrogens (tertiary/aromatic N) is 2. The fraction of sp³-hybridized carbons (Fsp3) is 0.318. The molecule has 9 nitrogen and oxygen atoms in total. The number of ether oxygens (including phenoxy) is 3. The number of esters is 2. The maximum Gasteiger partial charge on any atom is 0.315 e. The highest BCUT2D eigenvalue weighted by Crippen LogP contribution is 2.32. The number of cyclic esters (lactones) is 2. The summed E-state index contributed by atoms with van der Waals surface area (Å²) in [5.41, 5.74) is 2.00. The lowest BCUT2D eigenvalue weighted by Crippen LogP contribution is -2.25. The Labute approximate surface area is 178 Å². The normalized spacial score (nSPS) is 15.5. The van der Waals surface area contributed by atoms with Crippen LogP contribution in [0.25, 0.3) is 22.6 Å². The number of benzene rings is 1. The van der Waals surface area contributed by atoms with Crippen LogP contribution in [0.3, 0.4) is 0 Å². The monoisotopic (exact) mass is 423 g/mol. The fourth-order valence-corrected chi connectivity index (χ4v) is 3.22. The third-order valence-electron chi connectivity index (χ3n) is 4.70. The highest BCUT2D eigenvalue weighted by molar-refractivity contribution is 5.98. The van der Waals surface area contributed by atoms with Gasteiger partial charge in [0.15, 0.2) is 11.5 Å². The Morgan fingerprint density at radius 1 is 1.03 bits per heavy atom. The van der Waals surface area contributed by atoms with E-state index in [1.54, 1.807) is 30.4 Å². The van der Waals surface area contributed by atoms with Crippen LogP contribution >= 0.6 is 0 Å². The number of hydrogen-bond acceptors (Lipinski definition) is 8. The minimum absolute atomic E-state index is 0.123. The summed E-state index contributed by atoms with van der Waals surface area (Å²) in [4.78, 5) is 44.8. The van der Waals surface area contributed by atoms with E-state index in [1.165, 1.54) is 0 Å². The fourth-order valence-electron chi connectivity index (χ4n) is 3.22. The molecule has 1 aromatic carbocycles. The van der Waals surface area contributed by atoms with Crippen LogP contribution in [-0.4, -0.2) is 47.6 Å². The van der Waals surface area contributed by atoms with Crippen molar-refractivity contribution in [2.24, 2.45) is 0 Å². The maximum atomic E-state index is 12.5. The molecule has 160 valence electrons. The van der Waals surface area contributed by atoms with Crippen LogP contribution in [0.2, 0.25) is 0 Å². The largest absolute Gasteiger partial charge is 0.424 e. The van der Waals surface area contributed by atoms with Crippen LogP contribution in [0.1, 0.15) is 47.9 Å². The summed E-state index contributed by atoms with van der Waals surface area (Å²) in [5.74, 6) is -0.500. The first kappa shape index (κ1) is 20.7. The zero-order chi connectivity index (χ0) is 21.8. The first-order valence-corrected chi connectivity index (χ1v) is 10.1. The van der Waals surface area contributed by atoms with Gasteiger partial charge in [0.25, 0.3) is 5.91 Å². The summed E-state index contributed by atoms with van der Waals surface area (Å²) in [6.45, 7) is 3.64. The molecule has 1 aromatic heterocycles. The summed E-state index contributed by atoms with van der Waals surface area (Å²) in [6.07, 6.45) is 4.19. The molecule has 4 rings (SSSR count). The first-order valence-electron chi connectivity index (χ1n) is 10.1. The summed E-state index contributed by atoms with van der Waals surface area (Å²) in [5, 5.41) is 2.84. The zero-order valence-corrected chi connectivity index (χ0v) is 17.0. The lowest BCUT2D eigenvalue weighted by atomic mass is 10.1. The number of aromatic nitrogens is 2. The predicted molar refractivity (Wildman–Crippen MR) is 110 cm³/mol. The van der Waals surface area contributed by atoms with Crippen LogP contribution in [0.4, 0.5) is 0 Å². The molecule has 0 unspecified atom stereocenters. The molecule has 0 saturated heterocycles. The van der Waals surface area contributed by atoms with Crippen molar-refractivity contribution in [3.8, 4) is 0 Å². The highest BCUT2D eigenvalue weighted by atomic mass is 16.5. The van der Waals surface area contributed by atoms with E-state index < -0.39 is 11.9 Å². The van der Waals surface area contributed by atoms with Crippen molar-refractivity contribution in [3.05, 3.63) is 47.3 Å². The molecule has 9 heteroatoms. The van der Waals surface area contributed by atoms with Crippen molar-refractivity contribution in [2.45, 2.75) is 26.2 Å². The van der Waals surface area contributed by atoms with Gasteiger partial charge < -0.3 is 19.5 Å². The molecule has 2 aliphatic heterocycles. The molecule has 3 heterocycles. The van der Waals surface area contributed by atoms with E-state index >= 15 is 0 Å². The number of rotatable bonds is 8. The average Bonchev–Trinajstić information content (AvgIpc) is 3.40. The van der Waals surface area contributed by atoms with Gasteiger partial charge in [0, 0.05) is 25.3 Å². The molecule has 0 spiro atoms. The first-order chi connectivity index (χ1) is 15.0. The van der Waals surface area contributed by atoms with Crippen LogP contribution < -0.4 is 5.32 Å². The molecule has 0 atom stereocenters. The second-order valence-electron chi connectivity index (χ2n) is 6.92. The summed E-state index contributed by atoms with van der Waals surface area (Å²) < 4.78 is 15.7. The van der Waals surface area contributed by atoms with Gasteiger partial charge in [-0.3, -0.25) is 14.4 Å². The van der Waals surface area contributed by atoms with Gasteiger partial charge in [-0.1, -0.05) is 0 Å². The quantitative estimate of drug-likeness (QED) is 0.508. The second-order valence-corrected chi connectivity index (χ2v) is 6.92. The number of nitrogens with one attached hydrogen (secondary N) is 1. The van der Waals surface area contributed by atoms with Crippen molar-refractivity contribution < 1.29 is 28.6 Å². The number of carbonyl (C=O) groups is 3. The van der Waals surface area contributed by atoms with Crippen molar-refractivity contribution in [3.63, 3.8) is 0 Å². The number of amides is 1. The third-order valence-corrected chi connectivity index (χ3v) is 4.70. The standard InChI is InChI=1S/C22H21N3O6/c1-2-29-11-3-10-23-22(28)13-4-5-14-15(12-13)25-21(17-7-9-19(27)31-17)20(24-14)16-6-8-18(26)30-16/h4-7,12H,2-3,8-11H2,1H3,(H,23,28). The van der Waals surface area contributed by atoms with E-state index in [-0.39, 0.29) is 36.0 Å². The highest BCUT2D eigenvalue weighted by Gasteiger charge is 2.27. The lowest BCUT2D eigenvalue weighted by molar-refractivity contribution is -0.135. The molecule has 1 amide bonds. The van der Waals surface area contributed by atoms with Gasteiger partial charge in [-0.25, -0.2) is 9.97 Å². The number of carbonyl (C=O) groups excluding carboxylic acids is 3. The Balaban J connectivity index is 1.64. The van der Waals surface area contributed by atoms with Crippen LogP contribution in [-0.2, 0) is 23.8 Å². The van der Waals surface area contributed by atoms with Gasteiger partial charge in [-0.2, -0.15) is 0 Å². The van der Waals surface area contributed by atoms with Crippen molar-refractivity contribution >= 4 is 40.4 Å². The Bertz CT molecular complexity index is 1120. The molecule has 2 aliphatic rings. The molecule has 2 aromatic rings. The molecule has 0 saturated carbocycles. The van der Waals surface area contributed by atoms with E-state index in [1.807, 2.05) is 6.92 Å². The minimum atomic E-state index is -0.402. The van der Waals surface area contributed by atoms with Gasteiger partial charge in [-0.05, 0) is 43.7 Å². The van der Waals surface area contributed by atoms with E-state index in [0.717, 1.165) is 0 Å². The zero-order valence-electron chi connectivity index (χ0n) is 17.0. The predicted octanol–water partition coefficient (Wildman–Crippen LogP) is 2.36. The maximum absolute atomic E-state index is 12.5.